The van der Waals surface area contributed by atoms with Crippen LogP contribution < -0.4 is 0 Å². The Labute approximate surface area is 81.4 Å². The summed E-state index contributed by atoms with van der Waals surface area (Å²) < 4.78 is -0.731. The number of halogens is 3. The SMILES string of the molecule is C=CCC(Cl)(Cl)[Si]([Si])CCl. The first-order valence-electron chi connectivity index (χ1n) is 2.67. The first kappa shape index (κ1) is 11.0. The van der Waals surface area contributed by atoms with E-state index in [-0.39, 0.29) is 0 Å². The van der Waals surface area contributed by atoms with Crippen molar-refractivity contribution in [2.75, 3.05) is 5.50 Å². The molecule has 0 aliphatic heterocycles. The first-order chi connectivity index (χ1) is 4.54. The van der Waals surface area contributed by atoms with Crippen LogP contribution in [0.1, 0.15) is 6.42 Å². The molecular weight excluding hydrogens is 223 g/mol. The van der Waals surface area contributed by atoms with E-state index in [4.69, 9.17) is 34.8 Å². The van der Waals surface area contributed by atoms with Crippen molar-refractivity contribution >= 4 is 52.9 Å². The molecule has 0 unspecified atom stereocenters. The van der Waals surface area contributed by atoms with Crippen molar-refractivity contribution in [1.82, 2.24) is 0 Å². The number of hydrogen-bond donors (Lipinski definition) is 0. The van der Waals surface area contributed by atoms with Gasteiger partial charge in [0, 0.05) is 15.3 Å². The van der Waals surface area contributed by atoms with Gasteiger partial charge in [0.1, 0.15) is 3.96 Å². The minimum Gasteiger partial charge on any atom is -0.131 e. The summed E-state index contributed by atoms with van der Waals surface area (Å²) in [5, 5.41) is 0. The van der Waals surface area contributed by atoms with E-state index >= 15 is 0 Å². The summed E-state index contributed by atoms with van der Waals surface area (Å²) in [5.74, 6) is 0. The Morgan fingerprint density at radius 3 is 2.40 bits per heavy atom. The zero-order valence-electron chi connectivity index (χ0n) is 5.33. The van der Waals surface area contributed by atoms with Crippen molar-refractivity contribution in [3.8, 4) is 0 Å². The molecular formula is C5H7Cl3Si2. The van der Waals surface area contributed by atoms with E-state index in [1.54, 1.807) is 6.08 Å². The van der Waals surface area contributed by atoms with E-state index in [0.717, 1.165) is 0 Å². The van der Waals surface area contributed by atoms with Crippen molar-refractivity contribution in [1.29, 1.82) is 0 Å². The number of alkyl halides is 3. The number of rotatable bonds is 4. The molecule has 0 amide bonds. The highest BCUT2D eigenvalue weighted by atomic mass is 35.5. The molecule has 0 aliphatic rings. The molecule has 0 aromatic rings. The molecule has 0 N–H and O–H groups in total. The standard InChI is InChI=1S/C5H7Cl3Si2/c1-2-3-5(7,8)10(9)4-6/h2H,1,3-4H2. The molecule has 0 nitrogen and oxygen atoms in total. The smallest absolute Gasteiger partial charge is 0.107 e. The third-order valence-electron chi connectivity index (χ3n) is 0.976. The van der Waals surface area contributed by atoms with Gasteiger partial charge < -0.3 is 0 Å². The van der Waals surface area contributed by atoms with Crippen LogP contribution in [0.5, 0.6) is 0 Å². The summed E-state index contributed by atoms with van der Waals surface area (Å²) in [6.07, 6.45) is 2.26. The van der Waals surface area contributed by atoms with Gasteiger partial charge in [0.15, 0.2) is 0 Å². The van der Waals surface area contributed by atoms with Crippen LogP contribution in [0.25, 0.3) is 0 Å². The third-order valence-corrected chi connectivity index (χ3v) is 8.24. The van der Waals surface area contributed by atoms with Crippen LogP contribution in [0.4, 0.5) is 0 Å². The lowest BCUT2D eigenvalue weighted by Gasteiger charge is -2.21. The van der Waals surface area contributed by atoms with Crippen molar-refractivity contribution in [3.05, 3.63) is 12.7 Å². The molecule has 0 saturated heterocycles. The highest BCUT2D eigenvalue weighted by Crippen LogP contribution is 2.27. The van der Waals surface area contributed by atoms with Crippen LogP contribution in [0.3, 0.4) is 0 Å². The van der Waals surface area contributed by atoms with E-state index in [9.17, 15) is 0 Å². The zero-order valence-corrected chi connectivity index (χ0v) is 9.60. The van der Waals surface area contributed by atoms with E-state index in [0.29, 0.717) is 11.9 Å². The van der Waals surface area contributed by atoms with Gasteiger partial charge in [0.25, 0.3) is 0 Å². The average Bonchev–Trinajstić information content (AvgIpc) is 1.86. The van der Waals surface area contributed by atoms with Crippen LogP contribution in [0, 0.1) is 0 Å². The highest BCUT2D eigenvalue weighted by molar-refractivity contribution is 7.14. The monoisotopic (exact) mass is 228 g/mol. The minimum atomic E-state index is -1.04. The van der Waals surface area contributed by atoms with Crippen LogP contribution in [0.15, 0.2) is 12.7 Å². The summed E-state index contributed by atoms with van der Waals surface area (Å²) in [4.78, 5) is 0. The first-order valence-corrected chi connectivity index (χ1v) is 7.17. The van der Waals surface area contributed by atoms with Crippen LogP contribution in [-0.2, 0) is 0 Å². The topological polar surface area (TPSA) is 0 Å². The Hall–Kier alpha value is 1.04. The quantitative estimate of drug-likeness (QED) is 0.394. The lowest BCUT2D eigenvalue weighted by molar-refractivity contribution is 1.06. The summed E-state index contributed by atoms with van der Waals surface area (Å²) >= 11 is 17.4. The predicted octanol–water partition coefficient (Wildman–Crippen LogP) is 2.21. The summed E-state index contributed by atoms with van der Waals surface area (Å²) in [6.45, 7) is 3.55. The predicted molar refractivity (Wildman–Crippen MR) is 51.5 cm³/mol. The van der Waals surface area contributed by atoms with Gasteiger partial charge in [-0.15, -0.1) is 41.4 Å². The van der Waals surface area contributed by atoms with Gasteiger partial charge in [-0.3, -0.25) is 0 Å². The summed E-state index contributed by atoms with van der Waals surface area (Å²) in [5.41, 5.74) is 0.488. The second kappa shape index (κ2) is 4.83. The molecule has 0 aromatic heterocycles. The van der Waals surface area contributed by atoms with Crippen molar-refractivity contribution in [2.24, 2.45) is 0 Å². The fourth-order valence-electron chi connectivity index (χ4n) is 0.402. The van der Waals surface area contributed by atoms with Gasteiger partial charge in [-0.2, -0.15) is 0 Å². The lowest BCUT2D eigenvalue weighted by atomic mass is 10.5. The van der Waals surface area contributed by atoms with Gasteiger partial charge in [0.05, 0.1) is 8.31 Å². The van der Waals surface area contributed by atoms with Crippen molar-refractivity contribution in [2.45, 2.75) is 10.4 Å². The van der Waals surface area contributed by atoms with Crippen LogP contribution in [0.2, 0.25) is 0 Å². The molecule has 0 atom stereocenters. The summed E-state index contributed by atoms with van der Waals surface area (Å²) in [7, 11) is 2.37. The second-order valence-electron chi connectivity index (χ2n) is 1.81. The lowest BCUT2D eigenvalue weighted by Crippen LogP contribution is -2.38. The van der Waals surface area contributed by atoms with Gasteiger partial charge in [-0.05, 0) is 6.42 Å². The minimum absolute atomic E-state index is 0.488. The van der Waals surface area contributed by atoms with Crippen LogP contribution >= 0.6 is 34.8 Å². The Morgan fingerprint density at radius 1 is 1.60 bits per heavy atom. The number of hydrogen-bond acceptors (Lipinski definition) is 0. The maximum Gasteiger partial charge on any atom is 0.107 e. The molecule has 0 rings (SSSR count). The maximum absolute atomic E-state index is 5.89. The van der Waals surface area contributed by atoms with E-state index in [1.807, 2.05) is 0 Å². The zero-order chi connectivity index (χ0) is 8.20. The molecule has 5 heteroatoms. The van der Waals surface area contributed by atoms with Gasteiger partial charge in [-0.1, -0.05) is 6.08 Å². The molecule has 0 spiro atoms. The maximum atomic E-state index is 5.89. The van der Waals surface area contributed by atoms with Crippen LogP contribution in [-0.4, -0.2) is 27.5 Å². The average molecular weight is 230 g/mol. The molecule has 0 fully saturated rings. The van der Waals surface area contributed by atoms with Gasteiger partial charge >= 0.3 is 0 Å². The molecule has 56 valence electrons. The second-order valence-corrected chi connectivity index (χ2v) is 8.62. The molecule has 0 heterocycles. The summed E-state index contributed by atoms with van der Waals surface area (Å²) in [6, 6.07) is 0. The fraction of sp³-hybridized carbons (Fsp3) is 0.600. The third kappa shape index (κ3) is 3.44. The van der Waals surface area contributed by atoms with E-state index in [2.05, 4.69) is 16.3 Å². The van der Waals surface area contributed by atoms with Crippen molar-refractivity contribution < 1.29 is 0 Å². The molecule has 0 bridgehead atoms. The fourth-order valence-corrected chi connectivity index (χ4v) is 3.01. The molecule has 10 heavy (non-hydrogen) atoms. The molecule has 0 aromatic carbocycles. The molecule has 0 aliphatic carbocycles. The Bertz CT molecular complexity index is 115. The van der Waals surface area contributed by atoms with Crippen molar-refractivity contribution in [3.63, 3.8) is 0 Å². The molecule has 0 saturated carbocycles. The highest BCUT2D eigenvalue weighted by Gasteiger charge is 2.30. The molecule has 4 radical (unpaired) electrons. The number of allylic oxidation sites excluding steroid dienone is 1. The largest absolute Gasteiger partial charge is 0.131 e. The van der Waals surface area contributed by atoms with E-state index in [1.165, 1.54) is 0 Å². The normalized spacial score (nSPS) is 12.1. The Kier molecular flexibility index (Phi) is 5.33. The van der Waals surface area contributed by atoms with Gasteiger partial charge in [-0.25, -0.2) is 0 Å². The Morgan fingerprint density at radius 2 is 2.10 bits per heavy atom. The Balaban J connectivity index is 3.94. The van der Waals surface area contributed by atoms with E-state index < -0.39 is 12.3 Å². The van der Waals surface area contributed by atoms with Gasteiger partial charge in [0.2, 0.25) is 0 Å².